The first-order chi connectivity index (χ1) is 16.9. The number of carbonyl (C=O) groups is 1. The normalized spacial score (nSPS) is 19.2. The lowest BCUT2D eigenvalue weighted by Gasteiger charge is -2.13. The fraction of sp³-hybridized carbons (Fsp3) is 0.458. The molecule has 0 bridgehead atoms. The molecule has 182 valence electrons. The number of amides is 1. The van der Waals surface area contributed by atoms with E-state index in [1.807, 2.05) is 32.2 Å². The van der Waals surface area contributed by atoms with Crippen molar-refractivity contribution in [3.63, 3.8) is 0 Å². The Morgan fingerprint density at radius 1 is 0.939 bits per heavy atom. The van der Waals surface area contributed by atoms with Crippen LogP contribution in [0.4, 0.5) is 4.79 Å². The highest BCUT2D eigenvalue weighted by Gasteiger charge is 2.15. The standard InChI is InChI=1S/C13H17NO4.C11H15NO2.ClH/c1-3-16-13(15)14-9(2)6-10-4-5-11-12(7-10)18-8-17-11;1-8(12-2)5-9-3-4-10-11(6-9)14-7-13-10;/h4-5,7,9H,3,6,8H2,1-2H3,(H,14,15);3-4,6,8,12H,5,7H2,1-2H3;1H/i8D2;7D2;. The summed E-state index contributed by atoms with van der Waals surface area (Å²) in [6, 6.07) is 11.0. The maximum absolute atomic E-state index is 11.3. The van der Waals surface area contributed by atoms with Gasteiger partial charge in [0.1, 0.15) is 5.48 Å². The second-order valence-electron chi connectivity index (χ2n) is 7.50. The summed E-state index contributed by atoms with van der Waals surface area (Å²) in [5.74, 6) is 1.69. The number of likely N-dealkylation sites (N-methyl/N-ethyl adjacent to an activating group) is 1. The average Bonchev–Trinajstić information content (AvgIpc) is 3.25. The van der Waals surface area contributed by atoms with Crippen LogP contribution in [0.15, 0.2) is 36.4 Å². The summed E-state index contributed by atoms with van der Waals surface area (Å²) >= 11 is 0. The molecule has 2 unspecified atom stereocenters. The summed E-state index contributed by atoms with van der Waals surface area (Å²) in [6.45, 7) is 1.88. The fourth-order valence-electron chi connectivity index (χ4n) is 3.14. The molecule has 4 rings (SSSR count). The van der Waals surface area contributed by atoms with Gasteiger partial charge in [-0.25, -0.2) is 4.79 Å². The van der Waals surface area contributed by atoms with E-state index in [9.17, 15) is 4.79 Å². The SMILES string of the molecule is Cl.[2H]C1([2H])Oc2ccc(CC(C)NC(=O)OCC)cc2O1.[2H]C1([2H])Oc2ccc(CC(C)NC)cc2O1. The van der Waals surface area contributed by atoms with Gasteiger partial charge in [0.15, 0.2) is 23.0 Å². The topological polar surface area (TPSA) is 87.3 Å². The molecule has 0 spiro atoms. The van der Waals surface area contributed by atoms with Crippen LogP contribution in [0.1, 0.15) is 37.4 Å². The van der Waals surface area contributed by atoms with Crippen LogP contribution in [-0.4, -0.2) is 45.3 Å². The Morgan fingerprint density at radius 3 is 1.91 bits per heavy atom. The van der Waals surface area contributed by atoms with Crippen LogP contribution in [0.25, 0.3) is 0 Å². The summed E-state index contributed by atoms with van der Waals surface area (Å²) < 4.78 is 54.2. The molecule has 0 saturated carbocycles. The number of fused-ring (bicyclic) bond motifs is 2. The van der Waals surface area contributed by atoms with Gasteiger partial charge in [0.05, 0.1) is 6.61 Å². The van der Waals surface area contributed by atoms with Crippen molar-refractivity contribution in [2.75, 3.05) is 27.1 Å². The number of hydrogen-bond acceptors (Lipinski definition) is 7. The van der Waals surface area contributed by atoms with Gasteiger partial charge in [-0.05, 0) is 76.1 Å². The third-order valence-corrected chi connectivity index (χ3v) is 4.84. The molecule has 2 aromatic rings. The molecule has 0 radical (unpaired) electrons. The number of carbonyl (C=O) groups excluding carboxylic acids is 1. The van der Waals surface area contributed by atoms with E-state index in [1.165, 1.54) is 0 Å². The summed E-state index contributed by atoms with van der Waals surface area (Å²) in [5.41, 5.74) is 2.01. The number of halogens is 1. The predicted molar refractivity (Wildman–Crippen MR) is 128 cm³/mol. The number of rotatable bonds is 7. The maximum Gasteiger partial charge on any atom is 0.407 e. The van der Waals surface area contributed by atoms with Crippen LogP contribution in [0.3, 0.4) is 0 Å². The first-order valence-electron chi connectivity index (χ1n) is 12.5. The molecule has 33 heavy (non-hydrogen) atoms. The molecule has 0 fully saturated rings. The van der Waals surface area contributed by atoms with E-state index >= 15 is 0 Å². The summed E-state index contributed by atoms with van der Waals surface area (Å²) in [6.07, 6.45) is 1.01. The Labute approximate surface area is 206 Å². The van der Waals surface area contributed by atoms with Gasteiger partial charge in [-0.2, -0.15) is 0 Å². The highest BCUT2D eigenvalue weighted by molar-refractivity contribution is 5.85. The lowest BCUT2D eigenvalue weighted by atomic mass is 10.1. The Kier molecular flexibility index (Phi) is 8.18. The van der Waals surface area contributed by atoms with E-state index in [0.717, 1.165) is 17.5 Å². The number of ether oxygens (including phenoxy) is 5. The molecule has 0 aromatic heterocycles. The van der Waals surface area contributed by atoms with Crippen molar-refractivity contribution in [3.8, 4) is 23.0 Å². The van der Waals surface area contributed by atoms with Gasteiger partial charge >= 0.3 is 6.09 Å². The Balaban J connectivity index is 0.000000259. The van der Waals surface area contributed by atoms with Crippen LogP contribution in [0.5, 0.6) is 23.0 Å². The molecule has 1 amide bonds. The van der Waals surface area contributed by atoms with Crippen molar-refractivity contribution in [1.29, 1.82) is 0 Å². The molecule has 2 aromatic carbocycles. The van der Waals surface area contributed by atoms with E-state index in [4.69, 9.17) is 29.2 Å². The lowest BCUT2D eigenvalue weighted by molar-refractivity contribution is 0.149. The Morgan fingerprint density at radius 2 is 1.42 bits per heavy atom. The second-order valence-corrected chi connectivity index (χ2v) is 7.50. The molecule has 8 nitrogen and oxygen atoms in total. The number of benzene rings is 2. The Hall–Kier alpha value is -2.84. The van der Waals surface area contributed by atoms with Crippen LogP contribution >= 0.6 is 12.4 Å². The van der Waals surface area contributed by atoms with Crippen LogP contribution in [0, 0.1) is 0 Å². The molecule has 2 aliphatic heterocycles. The van der Waals surface area contributed by atoms with Gasteiger partial charge in [0.2, 0.25) is 13.5 Å². The van der Waals surface area contributed by atoms with Gasteiger partial charge in [0.25, 0.3) is 0 Å². The molecule has 2 atom stereocenters. The van der Waals surface area contributed by atoms with Crippen molar-refractivity contribution in [3.05, 3.63) is 47.5 Å². The molecular weight excluding hydrogens is 448 g/mol. The average molecular weight is 485 g/mol. The molecule has 2 heterocycles. The van der Waals surface area contributed by atoms with E-state index in [1.54, 1.807) is 25.1 Å². The Bertz CT molecular complexity index is 1080. The molecule has 2 N–H and O–H groups in total. The highest BCUT2D eigenvalue weighted by atomic mass is 35.5. The molecule has 0 aliphatic carbocycles. The van der Waals surface area contributed by atoms with Crippen molar-refractivity contribution < 1.29 is 34.0 Å². The lowest BCUT2D eigenvalue weighted by Crippen LogP contribution is -2.34. The molecular formula is C24H33ClN2O6. The fourth-order valence-corrected chi connectivity index (χ4v) is 3.14. The zero-order valence-corrected chi connectivity index (χ0v) is 19.9. The van der Waals surface area contributed by atoms with Gasteiger partial charge in [0, 0.05) is 12.1 Å². The largest absolute Gasteiger partial charge is 0.454 e. The second kappa shape index (κ2) is 13.0. The van der Waals surface area contributed by atoms with Crippen molar-refractivity contribution >= 4 is 18.5 Å². The van der Waals surface area contributed by atoms with E-state index in [-0.39, 0.29) is 18.4 Å². The van der Waals surface area contributed by atoms with Gasteiger partial charge < -0.3 is 34.3 Å². The van der Waals surface area contributed by atoms with Crippen LogP contribution < -0.4 is 29.6 Å². The minimum Gasteiger partial charge on any atom is -0.454 e. The van der Waals surface area contributed by atoms with E-state index in [0.29, 0.717) is 42.1 Å². The molecule has 9 heteroatoms. The quantitative estimate of drug-likeness (QED) is 0.612. The van der Waals surface area contributed by atoms with Crippen molar-refractivity contribution in [2.24, 2.45) is 0 Å². The summed E-state index contributed by atoms with van der Waals surface area (Å²) in [4.78, 5) is 11.3. The van der Waals surface area contributed by atoms with Crippen molar-refractivity contribution in [1.82, 2.24) is 10.6 Å². The zero-order chi connectivity index (χ0) is 26.5. The first kappa shape index (κ1) is 20.7. The van der Waals surface area contributed by atoms with E-state index in [2.05, 4.69) is 17.6 Å². The number of nitrogens with one attached hydrogen (secondary N) is 2. The third kappa shape index (κ3) is 7.91. The smallest absolute Gasteiger partial charge is 0.407 e. The van der Waals surface area contributed by atoms with Crippen LogP contribution in [-0.2, 0) is 17.6 Å². The monoisotopic (exact) mass is 484 g/mol. The highest BCUT2D eigenvalue weighted by Crippen LogP contribution is 2.33. The molecule has 0 saturated heterocycles. The van der Waals surface area contributed by atoms with Gasteiger partial charge in [-0.15, -0.1) is 12.4 Å². The van der Waals surface area contributed by atoms with Crippen molar-refractivity contribution in [2.45, 2.75) is 45.7 Å². The minimum absolute atomic E-state index is 0. The summed E-state index contributed by atoms with van der Waals surface area (Å²) in [5, 5.41) is 5.86. The van der Waals surface area contributed by atoms with Crippen LogP contribution in [0.2, 0.25) is 0 Å². The maximum atomic E-state index is 11.3. The zero-order valence-electron chi connectivity index (χ0n) is 23.1. The number of alkyl carbamates (subject to hydrolysis) is 1. The molecule has 2 aliphatic rings. The third-order valence-electron chi connectivity index (χ3n) is 4.84. The van der Waals surface area contributed by atoms with Gasteiger partial charge in [-0.3, -0.25) is 0 Å². The number of hydrogen-bond donors (Lipinski definition) is 2. The predicted octanol–water partition coefficient (Wildman–Crippen LogP) is 4.08. The van der Waals surface area contributed by atoms with Gasteiger partial charge in [-0.1, -0.05) is 12.1 Å². The summed E-state index contributed by atoms with van der Waals surface area (Å²) in [7, 11) is 1.91. The minimum atomic E-state index is -2.12. The van der Waals surface area contributed by atoms with E-state index < -0.39 is 19.6 Å². The first-order valence-corrected chi connectivity index (χ1v) is 10.5.